The molecule has 0 saturated carbocycles. The average molecular weight is 436 g/mol. The summed E-state index contributed by atoms with van der Waals surface area (Å²) in [5, 5.41) is 0.230. The van der Waals surface area contributed by atoms with Gasteiger partial charge < -0.3 is 24.4 Å². The van der Waals surface area contributed by atoms with E-state index in [0.717, 1.165) is 11.3 Å². The van der Waals surface area contributed by atoms with E-state index in [0.29, 0.717) is 17.2 Å². The predicted octanol–water partition coefficient (Wildman–Crippen LogP) is 1.17. The molecular weight excluding hydrogens is 412 g/mol. The lowest BCUT2D eigenvalue weighted by Crippen LogP contribution is -2.46. The number of carbonyl (C=O) groups excluding carboxylic acids is 1. The number of esters is 1. The van der Waals surface area contributed by atoms with Crippen LogP contribution in [0.4, 0.5) is 0 Å². The van der Waals surface area contributed by atoms with E-state index in [9.17, 15) is 14.4 Å². The fourth-order valence-corrected chi connectivity index (χ4v) is 3.02. The number of rotatable bonds is 6. The van der Waals surface area contributed by atoms with E-state index in [4.69, 9.17) is 9.47 Å². The van der Waals surface area contributed by atoms with Gasteiger partial charge in [0.2, 0.25) is 0 Å². The van der Waals surface area contributed by atoms with E-state index in [1.54, 1.807) is 42.8 Å². The number of hydrogen-bond donors (Lipinski definition) is 3. The van der Waals surface area contributed by atoms with Gasteiger partial charge in [-0.25, -0.2) is 4.98 Å². The van der Waals surface area contributed by atoms with E-state index < -0.39 is 17.1 Å². The van der Waals surface area contributed by atoms with Gasteiger partial charge in [0.25, 0.3) is 11.1 Å². The monoisotopic (exact) mass is 436 g/mol. The maximum absolute atomic E-state index is 12.4. The Morgan fingerprint density at radius 1 is 1.09 bits per heavy atom. The standard InChI is InChI=1S/C23H24N4O5/c1-13(2)21-17(24-12-25-21)11-18-23(30)26-16(22(29)27-18)7-5-6-15-8-9-19(32-14(3)28)20(10-15)31-4/h5-13H,1-4H3,(H,24,25)(H,26,30)(H,27,29)/b6-5+,16-7-,18-11-. The zero-order valence-electron chi connectivity index (χ0n) is 18.2. The Bertz CT molecular complexity index is 1390. The molecule has 2 aromatic heterocycles. The number of nitrogens with zero attached hydrogens (tertiary/aromatic N) is 1. The first-order valence-electron chi connectivity index (χ1n) is 9.91. The zero-order valence-corrected chi connectivity index (χ0v) is 18.2. The molecule has 1 aromatic carbocycles. The Balaban J connectivity index is 1.91. The highest BCUT2D eigenvalue weighted by molar-refractivity contribution is 5.71. The highest BCUT2D eigenvalue weighted by Crippen LogP contribution is 2.28. The van der Waals surface area contributed by atoms with E-state index >= 15 is 0 Å². The van der Waals surface area contributed by atoms with Gasteiger partial charge in [-0.2, -0.15) is 0 Å². The number of hydrogen-bond acceptors (Lipinski definition) is 6. The van der Waals surface area contributed by atoms with Crippen molar-refractivity contribution in [2.75, 3.05) is 7.11 Å². The smallest absolute Gasteiger partial charge is 0.308 e. The first kappa shape index (κ1) is 22.5. The fraction of sp³-hybridized carbons (Fsp3) is 0.217. The highest BCUT2D eigenvalue weighted by Gasteiger charge is 2.08. The molecule has 32 heavy (non-hydrogen) atoms. The Morgan fingerprint density at radius 3 is 2.50 bits per heavy atom. The van der Waals surface area contributed by atoms with Gasteiger partial charge >= 0.3 is 5.97 Å². The maximum Gasteiger partial charge on any atom is 0.308 e. The molecule has 166 valence electrons. The van der Waals surface area contributed by atoms with Crippen LogP contribution in [0.5, 0.6) is 11.5 Å². The lowest BCUT2D eigenvalue weighted by molar-refractivity contribution is -0.132. The van der Waals surface area contributed by atoms with Gasteiger partial charge in [0, 0.05) is 12.6 Å². The molecule has 0 spiro atoms. The summed E-state index contributed by atoms with van der Waals surface area (Å²) in [7, 11) is 1.47. The average Bonchev–Trinajstić information content (AvgIpc) is 3.20. The van der Waals surface area contributed by atoms with Crippen molar-refractivity contribution in [2.45, 2.75) is 26.7 Å². The van der Waals surface area contributed by atoms with Crippen LogP contribution in [0.2, 0.25) is 0 Å². The van der Waals surface area contributed by atoms with E-state index in [-0.39, 0.29) is 16.6 Å². The fourth-order valence-electron chi connectivity index (χ4n) is 3.02. The molecule has 0 saturated heterocycles. The normalized spacial score (nSPS) is 12.7. The minimum absolute atomic E-state index is 0.109. The SMILES string of the molecule is COc1cc(/C=C/C=c2\[nH]c(=O)/c(=C/c3nc[nH]c3C(C)C)[nH]c2=O)ccc1OC(C)=O. The van der Waals surface area contributed by atoms with Crippen LogP contribution in [0.25, 0.3) is 18.2 Å². The number of nitrogens with one attached hydrogen (secondary N) is 3. The molecule has 9 heteroatoms. The van der Waals surface area contributed by atoms with Gasteiger partial charge in [0.05, 0.1) is 19.1 Å². The van der Waals surface area contributed by atoms with Gasteiger partial charge in [0.15, 0.2) is 11.5 Å². The van der Waals surface area contributed by atoms with Crippen molar-refractivity contribution in [3.05, 3.63) is 79.0 Å². The van der Waals surface area contributed by atoms with Crippen LogP contribution < -0.4 is 31.3 Å². The van der Waals surface area contributed by atoms with Gasteiger partial charge in [-0.3, -0.25) is 14.4 Å². The summed E-state index contributed by atoms with van der Waals surface area (Å²) in [6, 6.07) is 5.02. The molecule has 3 aromatic rings. The minimum atomic E-state index is -0.448. The summed E-state index contributed by atoms with van der Waals surface area (Å²) in [6.45, 7) is 5.31. The van der Waals surface area contributed by atoms with Crippen LogP contribution in [-0.2, 0) is 4.79 Å². The lowest BCUT2D eigenvalue weighted by atomic mass is 10.1. The van der Waals surface area contributed by atoms with Crippen molar-refractivity contribution in [3.63, 3.8) is 0 Å². The molecule has 0 unspecified atom stereocenters. The van der Waals surface area contributed by atoms with E-state index in [2.05, 4.69) is 19.9 Å². The summed E-state index contributed by atoms with van der Waals surface area (Å²) in [5.41, 5.74) is 1.35. The Labute approximate surface area is 183 Å². The van der Waals surface area contributed by atoms with Crippen molar-refractivity contribution in [3.8, 4) is 11.5 Å². The molecule has 0 aliphatic rings. The quantitative estimate of drug-likeness (QED) is 0.393. The highest BCUT2D eigenvalue weighted by atomic mass is 16.6. The third-order valence-corrected chi connectivity index (χ3v) is 4.54. The second kappa shape index (κ2) is 9.78. The molecule has 0 radical (unpaired) electrons. The number of aromatic nitrogens is 4. The third-order valence-electron chi connectivity index (χ3n) is 4.54. The molecule has 0 bridgehead atoms. The molecule has 0 aliphatic heterocycles. The van der Waals surface area contributed by atoms with Crippen LogP contribution >= 0.6 is 0 Å². The predicted molar refractivity (Wildman–Crippen MR) is 121 cm³/mol. The number of aromatic amines is 3. The first-order chi connectivity index (χ1) is 15.3. The largest absolute Gasteiger partial charge is 0.493 e. The topological polar surface area (TPSA) is 130 Å². The van der Waals surface area contributed by atoms with E-state index in [1.165, 1.54) is 20.1 Å². The van der Waals surface area contributed by atoms with Crippen molar-refractivity contribution >= 4 is 24.2 Å². The summed E-state index contributed by atoms with van der Waals surface area (Å²) >= 11 is 0. The summed E-state index contributed by atoms with van der Waals surface area (Å²) in [6.07, 6.45) is 7.92. The number of carbonyl (C=O) groups is 1. The number of methoxy groups -OCH3 is 1. The number of H-pyrrole nitrogens is 3. The second-order valence-corrected chi connectivity index (χ2v) is 7.27. The molecule has 0 aliphatic carbocycles. The Morgan fingerprint density at radius 2 is 1.81 bits per heavy atom. The molecule has 9 nitrogen and oxygen atoms in total. The summed E-state index contributed by atoms with van der Waals surface area (Å²) in [4.78, 5) is 48.4. The van der Waals surface area contributed by atoms with Crippen LogP contribution in [0.1, 0.15) is 43.6 Å². The van der Waals surface area contributed by atoms with Crippen LogP contribution in [0.15, 0.2) is 40.2 Å². The number of ether oxygens (including phenoxy) is 2. The van der Waals surface area contributed by atoms with Crippen molar-refractivity contribution in [1.29, 1.82) is 0 Å². The van der Waals surface area contributed by atoms with Crippen LogP contribution in [0, 0.1) is 0 Å². The van der Waals surface area contributed by atoms with Crippen LogP contribution in [-0.4, -0.2) is 33.0 Å². The minimum Gasteiger partial charge on any atom is -0.493 e. The Kier molecular flexibility index (Phi) is 6.89. The van der Waals surface area contributed by atoms with Gasteiger partial charge in [0.1, 0.15) is 10.7 Å². The first-order valence-corrected chi connectivity index (χ1v) is 9.91. The maximum atomic E-state index is 12.4. The van der Waals surface area contributed by atoms with Crippen molar-refractivity contribution < 1.29 is 14.3 Å². The van der Waals surface area contributed by atoms with Gasteiger partial charge in [-0.15, -0.1) is 0 Å². The van der Waals surface area contributed by atoms with Gasteiger partial charge in [-0.05, 0) is 35.8 Å². The molecule has 0 amide bonds. The number of allylic oxidation sites excluding steroid dienone is 1. The third kappa shape index (κ3) is 5.31. The van der Waals surface area contributed by atoms with Crippen molar-refractivity contribution in [2.24, 2.45) is 0 Å². The molecule has 0 fully saturated rings. The molecular formula is C23H24N4O5. The molecule has 2 heterocycles. The zero-order chi connectivity index (χ0) is 23.3. The molecule has 0 atom stereocenters. The summed E-state index contributed by atoms with van der Waals surface area (Å²) in [5.74, 6) is 0.449. The van der Waals surface area contributed by atoms with Crippen LogP contribution in [0.3, 0.4) is 0 Å². The second-order valence-electron chi connectivity index (χ2n) is 7.27. The van der Waals surface area contributed by atoms with E-state index in [1.807, 2.05) is 13.8 Å². The summed E-state index contributed by atoms with van der Waals surface area (Å²) < 4.78 is 10.3. The number of benzene rings is 1. The molecule has 3 N–H and O–H groups in total. The Hall–Kier alpha value is -4.14. The lowest BCUT2D eigenvalue weighted by Gasteiger charge is -2.08. The number of imidazole rings is 1. The van der Waals surface area contributed by atoms with Gasteiger partial charge in [-0.1, -0.05) is 32.1 Å². The molecule has 3 rings (SSSR count). The van der Waals surface area contributed by atoms with Crippen molar-refractivity contribution in [1.82, 2.24) is 19.9 Å².